The van der Waals surface area contributed by atoms with Gasteiger partial charge in [-0.25, -0.2) is 0 Å². The number of rotatable bonds is 6. The minimum atomic E-state index is -0.258. The number of carbonyl (C=O) groups excluding carboxylic acids is 2. The van der Waals surface area contributed by atoms with Gasteiger partial charge >= 0.3 is 0 Å². The number of halogens is 2. The average molecular weight is 599 g/mol. The van der Waals surface area contributed by atoms with E-state index in [-0.39, 0.29) is 11.9 Å². The van der Waals surface area contributed by atoms with Gasteiger partial charge in [-0.05, 0) is 89.0 Å². The molecule has 2 N–H and O–H groups in total. The third-order valence-electron chi connectivity index (χ3n) is 6.33. The second-order valence-electron chi connectivity index (χ2n) is 9.40. The Morgan fingerprint density at radius 1 is 1.07 bits per heavy atom. The van der Waals surface area contributed by atoms with Gasteiger partial charge in [0.15, 0.2) is 0 Å². The van der Waals surface area contributed by atoms with Gasteiger partial charge in [-0.1, -0.05) is 85.1 Å². The summed E-state index contributed by atoms with van der Waals surface area (Å²) in [5.41, 5.74) is 6.91. The highest BCUT2D eigenvalue weighted by Crippen LogP contribution is 2.30. The average Bonchev–Trinajstić information content (AvgIpc) is 3.34. The molecule has 41 heavy (non-hydrogen) atoms. The molecular formula is C34H45Cl2N3O2. The van der Waals surface area contributed by atoms with Crippen molar-refractivity contribution in [2.45, 2.75) is 67.0 Å². The lowest BCUT2D eigenvalue weighted by molar-refractivity contribution is -0.134. The Morgan fingerprint density at radius 3 is 2.24 bits per heavy atom. The van der Waals surface area contributed by atoms with Crippen molar-refractivity contribution in [3.63, 3.8) is 0 Å². The van der Waals surface area contributed by atoms with E-state index < -0.39 is 0 Å². The summed E-state index contributed by atoms with van der Waals surface area (Å²) < 4.78 is 0. The third kappa shape index (κ3) is 11.7. The Labute approximate surface area is 256 Å². The number of nitrogens with one attached hydrogen (secondary N) is 2. The molecule has 222 valence electrons. The van der Waals surface area contributed by atoms with Crippen LogP contribution in [0.3, 0.4) is 0 Å². The highest BCUT2D eigenvalue weighted by atomic mass is 35.5. The monoisotopic (exact) mass is 597 g/mol. The van der Waals surface area contributed by atoms with Gasteiger partial charge < -0.3 is 20.0 Å². The molecule has 0 saturated carbocycles. The molecule has 1 atom stereocenters. The predicted octanol–water partition coefficient (Wildman–Crippen LogP) is 8.51. The van der Waals surface area contributed by atoms with Crippen LogP contribution in [-0.2, 0) is 29.0 Å². The molecule has 1 amide bonds. The van der Waals surface area contributed by atoms with Gasteiger partial charge in [-0.2, -0.15) is 0 Å². The smallest absolute Gasteiger partial charge is 0.240 e. The van der Waals surface area contributed by atoms with E-state index in [9.17, 15) is 4.79 Å². The lowest BCUT2D eigenvalue weighted by Crippen LogP contribution is -2.48. The van der Waals surface area contributed by atoms with E-state index in [1.165, 1.54) is 18.1 Å². The van der Waals surface area contributed by atoms with E-state index in [0.717, 1.165) is 45.5 Å². The summed E-state index contributed by atoms with van der Waals surface area (Å²) in [6, 6.07) is 13.3. The summed E-state index contributed by atoms with van der Waals surface area (Å²) in [7, 11) is 1.83. The number of allylic oxidation sites excluding steroid dienone is 5. The van der Waals surface area contributed by atoms with Crippen molar-refractivity contribution in [1.82, 2.24) is 15.2 Å². The fourth-order valence-corrected chi connectivity index (χ4v) is 4.46. The van der Waals surface area contributed by atoms with Crippen LogP contribution < -0.4 is 5.32 Å². The van der Waals surface area contributed by atoms with Crippen LogP contribution in [0.25, 0.3) is 10.9 Å². The van der Waals surface area contributed by atoms with Gasteiger partial charge in [0.1, 0.15) is 6.29 Å². The van der Waals surface area contributed by atoms with Gasteiger partial charge in [0.25, 0.3) is 0 Å². The number of aromatic nitrogens is 1. The Balaban J connectivity index is 0.000000507. The first-order chi connectivity index (χ1) is 19.6. The van der Waals surface area contributed by atoms with Crippen molar-refractivity contribution in [1.29, 1.82) is 0 Å². The number of benzene rings is 2. The largest absolute Gasteiger partial charge is 0.357 e. The molecule has 0 spiro atoms. The lowest BCUT2D eigenvalue weighted by Gasteiger charge is -2.30. The Hall–Kier alpha value is -3.12. The molecule has 1 aliphatic heterocycles. The second kappa shape index (κ2) is 19.1. The van der Waals surface area contributed by atoms with Gasteiger partial charge in [-0.3, -0.25) is 4.79 Å². The molecule has 1 aromatic heterocycles. The molecule has 0 bridgehead atoms. The number of carbonyl (C=O) groups is 2. The van der Waals surface area contributed by atoms with E-state index >= 15 is 0 Å². The lowest BCUT2D eigenvalue weighted by atomic mass is 10.0. The molecule has 1 aliphatic rings. The van der Waals surface area contributed by atoms with Crippen molar-refractivity contribution in [3.8, 4) is 0 Å². The number of H-pyrrole nitrogens is 1. The van der Waals surface area contributed by atoms with E-state index in [1.54, 1.807) is 0 Å². The third-order valence-corrected chi connectivity index (χ3v) is 6.82. The van der Waals surface area contributed by atoms with Crippen LogP contribution in [-0.4, -0.2) is 41.7 Å². The standard InChI is InChI=1S/C21H21Cl2N3O.C9H14.C2H4O.C2H6/c1-24-19(10-13-2-4-14(22)5-3-13)21(27)26-9-8-16-17-11-15(23)6-7-18(17)25-20(16)12-26;1-5-9(4)7-6-8(2)3;1-2-3;1-2/h2-7,11,19,24-25H,8-10,12H2,1H3;5-7H,2H2,1,3-4H3;2H,1H3;1-2H3/b;7-6-,9-5-;;. The van der Waals surface area contributed by atoms with E-state index in [1.807, 2.05) is 88.2 Å². The number of hydrogen-bond acceptors (Lipinski definition) is 3. The molecule has 0 aliphatic carbocycles. The minimum Gasteiger partial charge on any atom is -0.357 e. The van der Waals surface area contributed by atoms with E-state index in [2.05, 4.69) is 36.0 Å². The second-order valence-corrected chi connectivity index (χ2v) is 10.3. The maximum atomic E-state index is 13.1. The van der Waals surface area contributed by atoms with Gasteiger partial charge in [-0.15, -0.1) is 0 Å². The highest BCUT2D eigenvalue weighted by molar-refractivity contribution is 6.31. The first-order valence-electron chi connectivity index (χ1n) is 14.0. The van der Waals surface area contributed by atoms with Crippen molar-refractivity contribution in [3.05, 3.63) is 105 Å². The number of likely N-dealkylation sites (N-methyl/N-ethyl adjacent to an activating group) is 1. The number of hydrogen-bond donors (Lipinski definition) is 2. The maximum Gasteiger partial charge on any atom is 0.240 e. The SMILES string of the molecule is C=C(C)/C=C\C(C)=C/C.CC.CC=O.CNC(Cc1ccc(Cl)cc1)C(=O)N1CCc2c([nH]c3ccc(Cl)cc23)C1. The first-order valence-corrected chi connectivity index (χ1v) is 14.7. The molecule has 0 radical (unpaired) electrons. The molecule has 7 heteroatoms. The Morgan fingerprint density at radius 2 is 1.68 bits per heavy atom. The van der Waals surface area contributed by atoms with Crippen LogP contribution in [0, 0.1) is 0 Å². The molecule has 0 saturated heterocycles. The molecule has 4 rings (SSSR count). The summed E-state index contributed by atoms with van der Waals surface area (Å²) in [5.74, 6) is 0.120. The molecule has 2 aromatic carbocycles. The Bertz CT molecular complexity index is 1320. The minimum absolute atomic E-state index is 0.120. The van der Waals surface area contributed by atoms with Gasteiger partial charge in [0.2, 0.25) is 5.91 Å². The zero-order valence-corrected chi connectivity index (χ0v) is 27.0. The molecule has 1 unspecified atom stereocenters. The summed E-state index contributed by atoms with van der Waals surface area (Å²) in [6.45, 7) is 16.6. The van der Waals surface area contributed by atoms with Crippen molar-refractivity contribution in [2.75, 3.05) is 13.6 Å². The van der Waals surface area contributed by atoms with Gasteiger partial charge in [0.05, 0.1) is 12.6 Å². The molecule has 2 heterocycles. The zero-order chi connectivity index (χ0) is 30.9. The molecule has 0 fully saturated rings. The normalized spacial score (nSPS) is 13.1. The number of aromatic amines is 1. The fraction of sp³-hybridized carbons (Fsp3) is 0.353. The Kier molecular flexibility index (Phi) is 16.7. The van der Waals surface area contributed by atoms with Gasteiger partial charge in [0, 0.05) is 33.2 Å². The molecule has 5 nitrogen and oxygen atoms in total. The predicted molar refractivity (Wildman–Crippen MR) is 177 cm³/mol. The quantitative estimate of drug-likeness (QED) is 0.221. The fourth-order valence-electron chi connectivity index (χ4n) is 4.16. The van der Waals surface area contributed by atoms with Crippen LogP contribution in [0.15, 0.2) is 78.4 Å². The van der Waals surface area contributed by atoms with Crippen LogP contribution >= 0.6 is 23.2 Å². The van der Waals surface area contributed by atoms with Crippen LogP contribution in [0.2, 0.25) is 10.0 Å². The zero-order valence-electron chi connectivity index (χ0n) is 25.5. The molecular weight excluding hydrogens is 553 g/mol. The van der Waals surface area contributed by atoms with Crippen LogP contribution in [0.5, 0.6) is 0 Å². The van der Waals surface area contributed by atoms with Crippen LogP contribution in [0.4, 0.5) is 0 Å². The van der Waals surface area contributed by atoms with E-state index in [0.29, 0.717) is 24.5 Å². The van der Waals surface area contributed by atoms with E-state index in [4.69, 9.17) is 28.0 Å². The maximum absolute atomic E-state index is 13.1. The van der Waals surface area contributed by atoms with Crippen LogP contribution in [0.1, 0.15) is 58.4 Å². The molecule has 3 aromatic rings. The van der Waals surface area contributed by atoms with Crippen molar-refractivity contribution < 1.29 is 9.59 Å². The summed E-state index contributed by atoms with van der Waals surface area (Å²) in [4.78, 5) is 27.3. The summed E-state index contributed by atoms with van der Waals surface area (Å²) in [6.07, 6.45) is 8.36. The van der Waals surface area contributed by atoms with Crippen molar-refractivity contribution >= 4 is 46.3 Å². The number of aldehydes is 1. The number of amides is 1. The summed E-state index contributed by atoms with van der Waals surface area (Å²) in [5, 5.41) is 5.77. The number of fused-ring (bicyclic) bond motifs is 3. The van der Waals surface area contributed by atoms with Crippen molar-refractivity contribution in [2.24, 2.45) is 0 Å². The highest BCUT2D eigenvalue weighted by Gasteiger charge is 2.28. The topological polar surface area (TPSA) is 65.2 Å². The number of nitrogens with zero attached hydrogens (tertiary/aromatic N) is 1. The summed E-state index contributed by atoms with van der Waals surface area (Å²) >= 11 is 12.1. The first kappa shape index (κ1) is 35.9.